The Morgan fingerprint density at radius 1 is 0.970 bits per heavy atom. The molecule has 4 rings (SSSR count). The van der Waals surface area contributed by atoms with Crippen molar-refractivity contribution in [3.05, 3.63) is 65.7 Å². The number of carbonyl (C=O) groups is 3. The molecule has 0 saturated carbocycles. The van der Waals surface area contributed by atoms with E-state index in [4.69, 9.17) is 11.6 Å². The van der Waals surface area contributed by atoms with E-state index in [2.05, 4.69) is 10.0 Å². The van der Waals surface area contributed by atoms with Crippen LogP contribution in [0.5, 0.6) is 0 Å². The molecule has 0 radical (unpaired) electrons. The van der Waals surface area contributed by atoms with Crippen molar-refractivity contribution >= 4 is 50.7 Å². The number of nitrogens with zero attached hydrogens (tertiary/aromatic N) is 1. The third-order valence-electron chi connectivity index (χ3n) is 5.67. The molecule has 2 aliphatic rings. The monoisotopic (exact) mass is 487 g/mol. The Bertz CT molecular complexity index is 1220. The molecular formula is C23H22ClN3O5S. The number of halogens is 1. The molecule has 0 aromatic heterocycles. The molecule has 1 saturated heterocycles. The Balaban J connectivity index is 1.38. The van der Waals surface area contributed by atoms with Gasteiger partial charge in [0.05, 0.1) is 22.4 Å². The Hall–Kier alpha value is -3.17. The van der Waals surface area contributed by atoms with Crippen LogP contribution in [0.4, 0.5) is 11.4 Å². The smallest absolute Gasteiger partial charge is 0.261 e. The predicted octanol–water partition coefficient (Wildman–Crippen LogP) is 3.42. The Labute approximate surface area is 196 Å². The van der Waals surface area contributed by atoms with E-state index in [-0.39, 0.29) is 47.2 Å². The van der Waals surface area contributed by atoms with Crippen molar-refractivity contribution in [2.45, 2.75) is 24.2 Å². The SMILES string of the molecule is O=C(CCN1C(=O)C2CC=CCC2C1=O)Nc1cccc(S(=O)(=O)Nc2cccc(Cl)c2)c1. The number of likely N-dealkylation sites (tertiary alicyclic amines) is 1. The van der Waals surface area contributed by atoms with E-state index in [1.807, 2.05) is 12.2 Å². The second kappa shape index (κ2) is 9.36. The van der Waals surface area contributed by atoms with Crippen LogP contribution in [-0.2, 0) is 24.4 Å². The molecule has 1 fully saturated rings. The fraction of sp³-hybridized carbons (Fsp3) is 0.261. The number of imide groups is 1. The third-order valence-corrected chi connectivity index (χ3v) is 7.28. The number of anilines is 2. The molecule has 1 aliphatic heterocycles. The molecule has 2 atom stereocenters. The number of nitrogens with one attached hydrogen (secondary N) is 2. The van der Waals surface area contributed by atoms with Gasteiger partial charge in [-0.2, -0.15) is 0 Å². The lowest BCUT2D eigenvalue weighted by molar-refractivity contribution is -0.140. The van der Waals surface area contributed by atoms with Crippen molar-refractivity contribution in [1.29, 1.82) is 0 Å². The van der Waals surface area contributed by atoms with Gasteiger partial charge in [-0.15, -0.1) is 0 Å². The van der Waals surface area contributed by atoms with Gasteiger partial charge < -0.3 is 5.32 Å². The minimum absolute atomic E-state index is 0.00912. The largest absolute Gasteiger partial charge is 0.326 e. The summed E-state index contributed by atoms with van der Waals surface area (Å²) in [6.07, 6.45) is 4.82. The van der Waals surface area contributed by atoms with E-state index in [1.165, 1.54) is 24.3 Å². The quantitative estimate of drug-likeness (QED) is 0.459. The van der Waals surface area contributed by atoms with E-state index in [0.717, 1.165) is 4.90 Å². The highest BCUT2D eigenvalue weighted by molar-refractivity contribution is 7.92. The summed E-state index contributed by atoms with van der Waals surface area (Å²) in [5.74, 6) is -1.57. The standard InChI is InChI=1S/C23H22ClN3O5S/c24-15-5-3-7-17(13-15)26-33(31,32)18-8-4-6-16(14-18)25-21(28)11-12-27-22(29)19-9-1-2-10-20(19)23(27)30/h1-8,13-14,19-20,26H,9-12H2,(H,25,28). The minimum atomic E-state index is -3.90. The summed E-state index contributed by atoms with van der Waals surface area (Å²) in [7, 11) is -3.90. The number of allylic oxidation sites excluding steroid dienone is 2. The molecule has 0 bridgehead atoms. The molecule has 0 spiro atoms. The van der Waals surface area contributed by atoms with Crippen LogP contribution in [0, 0.1) is 11.8 Å². The predicted molar refractivity (Wildman–Crippen MR) is 124 cm³/mol. The maximum atomic E-state index is 12.7. The van der Waals surface area contributed by atoms with Crippen LogP contribution in [-0.4, -0.2) is 37.6 Å². The number of rotatable bonds is 7. The molecule has 33 heavy (non-hydrogen) atoms. The molecule has 2 N–H and O–H groups in total. The molecule has 8 nitrogen and oxygen atoms in total. The first-order valence-corrected chi connectivity index (χ1v) is 12.3. The van der Waals surface area contributed by atoms with Crippen molar-refractivity contribution in [3.8, 4) is 0 Å². The van der Waals surface area contributed by atoms with Gasteiger partial charge in [0.2, 0.25) is 17.7 Å². The number of hydrogen-bond acceptors (Lipinski definition) is 5. The molecule has 1 heterocycles. The highest BCUT2D eigenvalue weighted by atomic mass is 35.5. The van der Waals surface area contributed by atoms with Crippen molar-refractivity contribution in [2.75, 3.05) is 16.6 Å². The summed E-state index contributed by atoms with van der Waals surface area (Å²) in [5.41, 5.74) is 0.596. The molecule has 1 aliphatic carbocycles. The fourth-order valence-corrected chi connectivity index (χ4v) is 5.32. The van der Waals surface area contributed by atoms with Crippen molar-refractivity contribution in [2.24, 2.45) is 11.8 Å². The first-order valence-electron chi connectivity index (χ1n) is 10.4. The molecule has 10 heteroatoms. The van der Waals surface area contributed by atoms with Gasteiger partial charge in [-0.25, -0.2) is 8.42 Å². The topological polar surface area (TPSA) is 113 Å². The molecule has 2 aromatic rings. The Morgan fingerprint density at radius 2 is 1.61 bits per heavy atom. The van der Waals surface area contributed by atoms with E-state index in [0.29, 0.717) is 23.6 Å². The van der Waals surface area contributed by atoms with Crippen LogP contribution < -0.4 is 10.0 Å². The van der Waals surface area contributed by atoms with Crippen molar-refractivity contribution < 1.29 is 22.8 Å². The van der Waals surface area contributed by atoms with E-state index in [1.54, 1.807) is 24.3 Å². The average Bonchev–Trinajstić information content (AvgIpc) is 3.02. The first-order chi connectivity index (χ1) is 15.7. The van der Waals surface area contributed by atoms with Crippen LogP contribution in [0.2, 0.25) is 5.02 Å². The number of amides is 3. The minimum Gasteiger partial charge on any atom is -0.326 e. The van der Waals surface area contributed by atoms with Gasteiger partial charge >= 0.3 is 0 Å². The lowest BCUT2D eigenvalue weighted by Crippen LogP contribution is -2.34. The second-order valence-electron chi connectivity index (χ2n) is 7.93. The van der Waals surface area contributed by atoms with Crippen molar-refractivity contribution in [1.82, 2.24) is 4.90 Å². The summed E-state index contributed by atoms with van der Waals surface area (Å²) >= 11 is 5.90. The number of sulfonamides is 1. The van der Waals surface area contributed by atoms with E-state index < -0.39 is 15.9 Å². The maximum Gasteiger partial charge on any atom is 0.261 e. The van der Waals surface area contributed by atoms with Gasteiger partial charge in [0.1, 0.15) is 0 Å². The normalized spacial score (nSPS) is 20.0. The van der Waals surface area contributed by atoms with Crippen LogP contribution in [0.3, 0.4) is 0 Å². The van der Waals surface area contributed by atoms with Crippen LogP contribution >= 0.6 is 11.6 Å². The molecule has 2 unspecified atom stereocenters. The fourth-order valence-electron chi connectivity index (χ4n) is 4.03. The van der Waals surface area contributed by atoms with Crippen LogP contribution in [0.15, 0.2) is 65.6 Å². The summed E-state index contributed by atoms with van der Waals surface area (Å²) in [5, 5.41) is 3.02. The number of hydrogen-bond donors (Lipinski definition) is 2. The number of benzene rings is 2. The van der Waals surface area contributed by atoms with Crippen LogP contribution in [0.25, 0.3) is 0 Å². The zero-order chi connectivity index (χ0) is 23.6. The van der Waals surface area contributed by atoms with Gasteiger partial charge in [-0.05, 0) is 49.2 Å². The average molecular weight is 488 g/mol. The number of carbonyl (C=O) groups excluding carboxylic acids is 3. The van der Waals surface area contributed by atoms with Gasteiger partial charge in [-0.3, -0.25) is 24.0 Å². The maximum absolute atomic E-state index is 12.7. The molecule has 172 valence electrons. The summed E-state index contributed by atoms with van der Waals surface area (Å²) in [6, 6.07) is 12.1. The van der Waals surface area contributed by atoms with Gasteiger partial charge in [-0.1, -0.05) is 35.9 Å². The number of fused-ring (bicyclic) bond motifs is 1. The van der Waals surface area contributed by atoms with Gasteiger partial charge in [0.15, 0.2) is 0 Å². The first kappa shape index (κ1) is 23.0. The second-order valence-corrected chi connectivity index (χ2v) is 10.0. The summed E-state index contributed by atoms with van der Waals surface area (Å²) in [6.45, 7) is -0.00912. The van der Waals surface area contributed by atoms with Crippen LogP contribution in [0.1, 0.15) is 19.3 Å². The summed E-state index contributed by atoms with van der Waals surface area (Å²) in [4.78, 5) is 38.6. The zero-order valence-electron chi connectivity index (χ0n) is 17.5. The van der Waals surface area contributed by atoms with Gasteiger partial charge in [0.25, 0.3) is 10.0 Å². The zero-order valence-corrected chi connectivity index (χ0v) is 19.1. The Morgan fingerprint density at radius 3 is 2.27 bits per heavy atom. The van der Waals surface area contributed by atoms with E-state index >= 15 is 0 Å². The molecule has 3 amide bonds. The summed E-state index contributed by atoms with van der Waals surface area (Å²) < 4.78 is 27.8. The van der Waals surface area contributed by atoms with Gasteiger partial charge in [0, 0.05) is 23.7 Å². The highest BCUT2D eigenvalue weighted by Gasteiger charge is 2.46. The lowest BCUT2D eigenvalue weighted by Gasteiger charge is -2.15. The Kier molecular flexibility index (Phi) is 6.53. The highest BCUT2D eigenvalue weighted by Crippen LogP contribution is 2.35. The lowest BCUT2D eigenvalue weighted by atomic mass is 9.85. The third kappa shape index (κ3) is 5.09. The van der Waals surface area contributed by atoms with Crippen molar-refractivity contribution in [3.63, 3.8) is 0 Å². The van der Waals surface area contributed by atoms with E-state index in [9.17, 15) is 22.8 Å². The molecular weight excluding hydrogens is 466 g/mol. The molecule has 2 aromatic carbocycles.